The molecule has 0 amide bonds. The summed E-state index contributed by atoms with van der Waals surface area (Å²) in [6, 6.07) is 3.03. The lowest BCUT2D eigenvalue weighted by Crippen LogP contribution is -2.41. The lowest BCUT2D eigenvalue weighted by molar-refractivity contribution is -0.139. The molecule has 2 N–H and O–H groups in total. The van der Waals surface area contributed by atoms with Gasteiger partial charge in [-0.1, -0.05) is 25.4 Å². The molecule has 0 aliphatic heterocycles. The molecule has 1 rings (SSSR count). The summed E-state index contributed by atoms with van der Waals surface area (Å²) >= 11 is 8.86. The normalized spacial score (nSPS) is 13.4. The summed E-state index contributed by atoms with van der Waals surface area (Å²) in [5, 5.41) is 9.47. The van der Waals surface area contributed by atoms with E-state index in [4.69, 9.17) is 16.7 Å². The molecule has 1 aromatic carbocycles. The first-order valence-corrected chi connectivity index (χ1v) is 8.49. The van der Waals surface area contributed by atoms with Gasteiger partial charge in [-0.05, 0) is 46.5 Å². The molecule has 0 fully saturated rings. The third-order valence-corrected chi connectivity index (χ3v) is 5.17. The van der Waals surface area contributed by atoms with Gasteiger partial charge in [0.15, 0.2) is 0 Å². The van der Waals surface area contributed by atoms with Gasteiger partial charge in [-0.25, -0.2) is 8.42 Å². The average molecular weight is 385 g/mol. The minimum absolute atomic E-state index is 0.0445. The second-order valence-corrected chi connectivity index (χ2v) is 7.69. The minimum atomic E-state index is -3.93. The van der Waals surface area contributed by atoms with E-state index in [1.54, 1.807) is 0 Å². The molecule has 112 valence electrons. The number of carbonyl (C=O) groups is 1. The molecule has 0 aromatic heterocycles. The fraction of sp³-hybridized carbons (Fsp3) is 0.417. The maximum Gasteiger partial charge on any atom is 0.321 e. The standard InChI is InChI=1S/C12H15BrClNO4S/c1-7(2)5-10(12(16)17)15-20(18,19)11-4-3-8(14)6-9(11)13/h3-4,6-7,10,15H,5H2,1-2H3,(H,16,17). The highest BCUT2D eigenvalue weighted by molar-refractivity contribution is 9.10. The Bertz CT molecular complexity index is 603. The first-order chi connectivity index (χ1) is 9.13. The van der Waals surface area contributed by atoms with E-state index < -0.39 is 22.0 Å². The Labute approximate surface area is 131 Å². The van der Waals surface area contributed by atoms with E-state index in [0.717, 1.165) is 0 Å². The maximum absolute atomic E-state index is 12.2. The molecule has 0 aliphatic rings. The molecule has 0 saturated carbocycles. The number of benzene rings is 1. The summed E-state index contributed by atoms with van der Waals surface area (Å²) in [5.41, 5.74) is 0. The van der Waals surface area contributed by atoms with Crippen LogP contribution in [0.1, 0.15) is 20.3 Å². The predicted molar refractivity (Wildman–Crippen MR) is 80.4 cm³/mol. The maximum atomic E-state index is 12.2. The second kappa shape index (κ2) is 6.89. The number of sulfonamides is 1. The van der Waals surface area contributed by atoms with Gasteiger partial charge in [0.25, 0.3) is 0 Å². The van der Waals surface area contributed by atoms with Crippen molar-refractivity contribution in [3.8, 4) is 0 Å². The van der Waals surface area contributed by atoms with Crippen molar-refractivity contribution in [2.75, 3.05) is 0 Å². The van der Waals surface area contributed by atoms with Crippen LogP contribution in [0.25, 0.3) is 0 Å². The van der Waals surface area contributed by atoms with Gasteiger partial charge >= 0.3 is 5.97 Å². The Hall–Kier alpha value is -0.630. The number of hydrogen-bond acceptors (Lipinski definition) is 3. The van der Waals surface area contributed by atoms with Crippen LogP contribution in [0.4, 0.5) is 0 Å². The molecule has 0 spiro atoms. The Kier molecular flexibility index (Phi) is 6.00. The highest BCUT2D eigenvalue weighted by Crippen LogP contribution is 2.25. The van der Waals surface area contributed by atoms with E-state index in [1.807, 2.05) is 13.8 Å². The van der Waals surface area contributed by atoms with E-state index in [-0.39, 0.29) is 21.7 Å². The van der Waals surface area contributed by atoms with Crippen molar-refractivity contribution in [2.45, 2.75) is 31.2 Å². The Morgan fingerprint density at radius 2 is 2.05 bits per heavy atom. The smallest absolute Gasteiger partial charge is 0.321 e. The first kappa shape index (κ1) is 17.4. The molecule has 0 saturated heterocycles. The zero-order chi connectivity index (χ0) is 15.5. The van der Waals surface area contributed by atoms with Crippen LogP contribution in [0.2, 0.25) is 5.02 Å². The van der Waals surface area contributed by atoms with Crippen molar-refractivity contribution < 1.29 is 18.3 Å². The van der Waals surface area contributed by atoms with Crippen LogP contribution < -0.4 is 4.72 Å². The monoisotopic (exact) mass is 383 g/mol. The van der Waals surface area contributed by atoms with E-state index >= 15 is 0 Å². The zero-order valence-electron chi connectivity index (χ0n) is 10.9. The van der Waals surface area contributed by atoms with Crippen LogP contribution in [0, 0.1) is 5.92 Å². The summed E-state index contributed by atoms with van der Waals surface area (Å²) in [5.74, 6) is -1.15. The van der Waals surface area contributed by atoms with Crippen LogP contribution in [0.15, 0.2) is 27.6 Å². The van der Waals surface area contributed by atoms with Crippen LogP contribution in [0.3, 0.4) is 0 Å². The van der Waals surface area contributed by atoms with Crippen LogP contribution in [0.5, 0.6) is 0 Å². The van der Waals surface area contributed by atoms with E-state index in [9.17, 15) is 13.2 Å². The van der Waals surface area contributed by atoms with Crippen molar-refractivity contribution >= 4 is 43.5 Å². The Morgan fingerprint density at radius 1 is 1.45 bits per heavy atom. The number of hydrogen-bond donors (Lipinski definition) is 2. The van der Waals surface area contributed by atoms with Crippen molar-refractivity contribution in [1.29, 1.82) is 0 Å². The third kappa shape index (κ3) is 4.73. The van der Waals surface area contributed by atoms with Crippen molar-refractivity contribution in [1.82, 2.24) is 4.72 Å². The Balaban J connectivity index is 3.06. The van der Waals surface area contributed by atoms with Gasteiger partial charge in [-0.2, -0.15) is 4.72 Å². The molecule has 0 heterocycles. The molecule has 1 unspecified atom stereocenters. The Morgan fingerprint density at radius 3 is 2.50 bits per heavy atom. The van der Waals surface area contributed by atoms with Crippen LogP contribution >= 0.6 is 27.5 Å². The minimum Gasteiger partial charge on any atom is -0.480 e. The molecular weight excluding hydrogens is 370 g/mol. The molecule has 20 heavy (non-hydrogen) atoms. The molecule has 1 atom stereocenters. The van der Waals surface area contributed by atoms with Crippen LogP contribution in [-0.4, -0.2) is 25.5 Å². The second-order valence-electron chi connectivity index (χ2n) is 4.72. The van der Waals surface area contributed by atoms with Gasteiger partial charge in [-0.3, -0.25) is 4.79 Å². The summed E-state index contributed by atoms with van der Waals surface area (Å²) in [6.07, 6.45) is 0.208. The molecule has 0 radical (unpaired) electrons. The average Bonchev–Trinajstić information content (AvgIpc) is 2.26. The van der Waals surface area contributed by atoms with Crippen molar-refractivity contribution in [2.24, 2.45) is 5.92 Å². The fourth-order valence-corrected chi connectivity index (χ4v) is 4.20. The van der Waals surface area contributed by atoms with Crippen LogP contribution in [-0.2, 0) is 14.8 Å². The molecule has 1 aromatic rings. The molecule has 5 nitrogen and oxygen atoms in total. The largest absolute Gasteiger partial charge is 0.480 e. The van der Waals surface area contributed by atoms with E-state index in [1.165, 1.54) is 18.2 Å². The van der Waals surface area contributed by atoms with E-state index in [0.29, 0.717) is 5.02 Å². The van der Waals surface area contributed by atoms with Crippen molar-refractivity contribution in [3.05, 3.63) is 27.7 Å². The van der Waals surface area contributed by atoms with Gasteiger partial charge in [0.1, 0.15) is 6.04 Å². The highest BCUT2D eigenvalue weighted by Gasteiger charge is 2.27. The highest BCUT2D eigenvalue weighted by atomic mass is 79.9. The van der Waals surface area contributed by atoms with Gasteiger partial charge in [0, 0.05) is 9.50 Å². The zero-order valence-corrected chi connectivity index (χ0v) is 14.1. The SMILES string of the molecule is CC(C)CC(NS(=O)(=O)c1ccc(Cl)cc1Br)C(=O)O. The molecule has 0 bridgehead atoms. The summed E-state index contributed by atoms with van der Waals surface area (Å²) in [7, 11) is -3.93. The number of aliphatic carboxylic acids is 1. The predicted octanol–water partition coefficient (Wildman–Crippen LogP) is 2.88. The van der Waals surface area contributed by atoms with Gasteiger partial charge in [0.05, 0.1) is 4.90 Å². The topological polar surface area (TPSA) is 83.5 Å². The summed E-state index contributed by atoms with van der Waals surface area (Å²) in [6.45, 7) is 3.64. The molecular formula is C12H15BrClNO4S. The lowest BCUT2D eigenvalue weighted by atomic mass is 10.1. The lowest BCUT2D eigenvalue weighted by Gasteiger charge is -2.17. The quantitative estimate of drug-likeness (QED) is 0.790. The summed E-state index contributed by atoms with van der Waals surface area (Å²) in [4.78, 5) is 11.1. The first-order valence-electron chi connectivity index (χ1n) is 5.83. The fourth-order valence-electron chi connectivity index (χ4n) is 1.61. The number of rotatable bonds is 6. The van der Waals surface area contributed by atoms with Gasteiger partial charge in [0.2, 0.25) is 10.0 Å². The number of halogens is 2. The van der Waals surface area contributed by atoms with Gasteiger partial charge < -0.3 is 5.11 Å². The number of carboxylic acids is 1. The van der Waals surface area contributed by atoms with Crippen molar-refractivity contribution in [3.63, 3.8) is 0 Å². The molecule has 8 heteroatoms. The number of carboxylic acid groups (broad SMARTS) is 1. The molecule has 0 aliphatic carbocycles. The summed E-state index contributed by atoms with van der Waals surface area (Å²) < 4.78 is 26.9. The number of nitrogens with one attached hydrogen (secondary N) is 1. The van der Waals surface area contributed by atoms with E-state index in [2.05, 4.69) is 20.7 Å². The van der Waals surface area contributed by atoms with Gasteiger partial charge in [-0.15, -0.1) is 0 Å². The third-order valence-electron chi connectivity index (χ3n) is 2.49.